The summed E-state index contributed by atoms with van der Waals surface area (Å²) in [5, 5.41) is 7.33. The van der Waals surface area contributed by atoms with Crippen LogP contribution in [0, 0.1) is 5.82 Å². The molecule has 0 saturated carbocycles. The summed E-state index contributed by atoms with van der Waals surface area (Å²) in [6.07, 6.45) is 1.01. The van der Waals surface area contributed by atoms with Crippen LogP contribution in [0.5, 0.6) is 5.75 Å². The molecule has 0 fully saturated rings. The highest BCUT2D eigenvalue weighted by Gasteiger charge is 2.10. The van der Waals surface area contributed by atoms with E-state index >= 15 is 0 Å². The Morgan fingerprint density at radius 2 is 1.93 bits per heavy atom. The van der Waals surface area contributed by atoms with Gasteiger partial charge in [-0.05, 0) is 42.5 Å². The first-order valence-corrected chi connectivity index (χ1v) is 7.90. The minimum absolute atomic E-state index is 0.0862. The molecule has 8 heteroatoms. The van der Waals surface area contributed by atoms with Gasteiger partial charge >= 0.3 is 0 Å². The zero-order valence-corrected chi connectivity index (χ0v) is 14.5. The lowest BCUT2D eigenvalue weighted by atomic mass is 10.2. The zero-order chi connectivity index (χ0) is 19.8. The molecule has 0 aliphatic rings. The Balaban J connectivity index is 1.98. The van der Waals surface area contributed by atoms with Gasteiger partial charge in [0.2, 0.25) is 5.91 Å². The smallest absolute Gasteiger partial charge is 0.262 e. The molecular weight excluding hydrogens is 353 g/mol. The van der Waals surface area contributed by atoms with E-state index < -0.39 is 17.6 Å². The van der Waals surface area contributed by atoms with Crippen LogP contribution in [-0.4, -0.2) is 31.4 Å². The first-order valence-electron chi connectivity index (χ1n) is 7.90. The normalized spacial score (nSPS) is 9.85. The Bertz CT molecular complexity index is 883. The van der Waals surface area contributed by atoms with Crippen LogP contribution in [0.4, 0.5) is 15.8 Å². The highest BCUT2D eigenvalue weighted by atomic mass is 19.1. The summed E-state index contributed by atoms with van der Waals surface area (Å²) >= 11 is 0. The molecule has 2 aromatic rings. The first kappa shape index (κ1) is 19.6. The van der Waals surface area contributed by atoms with Crippen LogP contribution in [0.25, 0.3) is 0 Å². The van der Waals surface area contributed by atoms with Crippen molar-refractivity contribution in [2.45, 2.75) is 0 Å². The molecule has 140 valence electrons. The highest BCUT2D eigenvalue weighted by molar-refractivity contribution is 6.00. The summed E-state index contributed by atoms with van der Waals surface area (Å²) in [6.45, 7) is 2.97. The van der Waals surface area contributed by atoms with Gasteiger partial charge in [-0.15, -0.1) is 0 Å². The third-order valence-electron chi connectivity index (χ3n) is 3.39. The Hall–Kier alpha value is -3.68. The monoisotopic (exact) mass is 371 g/mol. The molecule has 2 rings (SSSR count). The van der Waals surface area contributed by atoms with Crippen molar-refractivity contribution in [1.82, 2.24) is 5.32 Å². The molecule has 0 heterocycles. The first-order chi connectivity index (χ1) is 12.9. The van der Waals surface area contributed by atoms with E-state index in [9.17, 15) is 18.8 Å². The molecule has 7 nitrogen and oxygen atoms in total. The summed E-state index contributed by atoms with van der Waals surface area (Å²) in [5.41, 5.74) is 0.594. The SMILES string of the molecule is C=CC(=O)Nc1cc(NC(=O)COc2cccc(C(=O)NC)c2)ccc1F. The van der Waals surface area contributed by atoms with Crippen LogP contribution in [0.3, 0.4) is 0 Å². The van der Waals surface area contributed by atoms with Gasteiger partial charge in [-0.25, -0.2) is 4.39 Å². The predicted octanol–water partition coefficient (Wildman–Crippen LogP) is 2.33. The number of carbonyl (C=O) groups excluding carboxylic acids is 3. The third-order valence-corrected chi connectivity index (χ3v) is 3.39. The van der Waals surface area contributed by atoms with Gasteiger partial charge in [-0.2, -0.15) is 0 Å². The van der Waals surface area contributed by atoms with Crippen LogP contribution in [0.2, 0.25) is 0 Å². The average molecular weight is 371 g/mol. The van der Waals surface area contributed by atoms with E-state index in [2.05, 4.69) is 22.5 Å². The quantitative estimate of drug-likeness (QED) is 0.651. The van der Waals surface area contributed by atoms with Gasteiger partial charge in [0.1, 0.15) is 11.6 Å². The molecule has 3 N–H and O–H groups in total. The summed E-state index contributed by atoms with van der Waals surface area (Å²) in [7, 11) is 1.51. The molecular formula is C19H18FN3O4. The fourth-order valence-electron chi connectivity index (χ4n) is 2.10. The van der Waals surface area contributed by atoms with Gasteiger partial charge in [0.05, 0.1) is 5.69 Å². The van der Waals surface area contributed by atoms with Crippen LogP contribution in [0.15, 0.2) is 55.1 Å². The van der Waals surface area contributed by atoms with Gasteiger partial charge in [0.15, 0.2) is 6.61 Å². The van der Waals surface area contributed by atoms with E-state index in [4.69, 9.17) is 4.74 Å². The lowest BCUT2D eigenvalue weighted by Crippen LogP contribution is -2.21. The number of hydrogen-bond acceptors (Lipinski definition) is 4. The number of benzene rings is 2. The van der Waals surface area contributed by atoms with Gasteiger partial charge in [-0.3, -0.25) is 14.4 Å². The molecule has 27 heavy (non-hydrogen) atoms. The number of ether oxygens (including phenoxy) is 1. The molecule has 0 aromatic heterocycles. The second-order valence-electron chi connectivity index (χ2n) is 5.33. The molecule has 0 unspecified atom stereocenters. The summed E-state index contributed by atoms with van der Waals surface area (Å²) < 4.78 is 19.0. The molecule has 0 aliphatic heterocycles. The highest BCUT2D eigenvalue weighted by Crippen LogP contribution is 2.20. The lowest BCUT2D eigenvalue weighted by Gasteiger charge is -2.10. The minimum Gasteiger partial charge on any atom is -0.484 e. The molecule has 0 bridgehead atoms. The lowest BCUT2D eigenvalue weighted by molar-refractivity contribution is -0.118. The molecule has 0 radical (unpaired) electrons. The number of amides is 3. The second kappa shape index (κ2) is 9.14. The molecule has 2 aromatic carbocycles. The number of rotatable bonds is 7. The maximum Gasteiger partial charge on any atom is 0.262 e. The number of nitrogens with one attached hydrogen (secondary N) is 3. The number of anilines is 2. The van der Waals surface area contributed by atoms with Crippen molar-refractivity contribution in [2.24, 2.45) is 0 Å². The molecule has 0 atom stereocenters. The largest absolute Gasteiger partial charge is 0.484 e. The topological polar surface area (TPSA) is 96.5 Å². The number of carbonyl (C=O) groups is 3. The molecule has 3 amide bonds. The van der Waals surface area contributed by atoms with E-state index in [0.717, 1.165) is 12.1 Å². The van der Waals surface area contributed by atoms with Crippen molar-refractivity contribution in [3.63, 3.8) is 0 Å². The van der Waals surface area contributed by atoms with Crippen molar-refractivity contribution in [1.29, 1.82) is 0 Å². The van der Waals surface area contributed by atoms with Crippen molar-refractivity contribution >= 4 is 29.1 Å². The average Bonchev–Trinajstić information content (AvgIpc) is 2.68. The summed E-state index contributed by atoms with van der Waals surface area (Å²) in [4.78, 5) is 34.9. The van der Waals surface area contributed by atoms with Crippen molar-refractivity contribution in [2.75, 3.05) is 24.3 Å². The standard InChI is InChI=1S/C19H18FN3O4/c1-3-17(24)23-16-10-13(7-8-15(16)20)22-18(25)11-27-14-6-4-5-12(9-14)19(26)21-2/h3-10H,1,11H2,2H3,(H,21,26)(H,22,25)(H,23,24). The van der Waals surface area contributed by atoms with Crippen LogP contribution >= 0.6 is 0 Å². The van der Waals surface area contributed by atoms with Crippen molar-refractivity contribution in [3.05, 3.63) is 66.5 Å². The van der Waals surface area contributed by atoms with E-state index in [1.165, 1.54) is 25.2 Å². The van der Waals surface area contributed by atoms with E-state index in [-0.39, 0.29) is 23.9 Å². The van der Waals surface area contributed by atoms with Gasteiger partial charge in [0, 0.05) is 18.3 Å². The third kappa shape index (κ3) is 5.67. The number of halogens is 1. The second-order valence-corrected chi connectivity index (χ2v) is 5.33. The fourth-order valence-corrected chi connectivity index (χ4v) is 2.10. The van der Waals surface area contributed by atoms with Crippen molar-refractivity contribution < 1.29 is 23.5 Å². The maximum absolute atomic E-state index is 13.7. The molecule has 0 spiro atoms. The zero-order valence-electron chi connectivity index (χ0n) is 14.5. The minimum atomic E-state index is -0.648. The van der Waals surface area contributed by atoms with E-state index in [1.807, 2.05) is 0 Å². The Morgan fingerprint density at radius 1 is 1.15 bits per heavy atom. The van der Waals surface area contributed by atoms with Crippen LogP contribution < -0.4 is 20.7 Å². The fraction of sp³-hybridized carbons (Fsp3) is 0.105. The predicted molar refractivity (Wildman–Crippen MR) is 99.2 cm³/mol. The maximum atomic E-state index is 13.7. The molecule has 0 aliphatic carbocycles. The summed E-state index contributed by atoms with van der Waals surface area (Å²) in [5.74, 6) is -1.63. The van der Waals surface area contributed by atoms with Crippen LogP contribution in [-0.2, 0) is 9.59 Å². The van der Waals surface area contributed by atoms with Crippen LogP contribution in [0.1, 0.15) is 10.4 Å². The Morgan fingerprint density at radius 3 is 2.63 bits per heavy atom. The molecule has 0 saturated heterocycles. The number of hydrogen-bond donors (Lipinski definition) is 3. The Labute approximate surface area is 155 Å². The van der Waals surface area contributed by atoms with Crippen molar-refractivity contribution in [3.8, 4) is 5.75 Å². The van der Waals surface area contributed by atoms with Gasteiger partial charge in [0.25, 0.3) is 11.8 Å². The van der Waals surface area contributed by atoms with E-state index in [0.29, 0.717) is 11.3 Å². The Kier molecular flexibility index (Phi) is 6.65. The van der Waals surface area contributed by atoms with E-state index in [1.54, 1.807) is 18.2 Å². The van der Waals surface area contributed by atoms with Gasteiger partial charge < -0.3 is 20.7 Å². The van der Waals surface area contributed by atoms with Gasteiger partial charge in [-0.1, -0.05) is 12.6 Å². The summed E-state index contributed by atoms with van der Waals surface area (Å²) in [6, 6.07) is 10.1.